The van der Waals surface area contributed by atoms with Crippen LogP contribution in [0.5, 0.6) is 0 Å². The van der Waals surface area contributed by atoms with Crippen LogP contribution in [0.2, 0.25) is 0 Å². The maximum atomic E-state index is 5.12. The molecule has 2 heteroatoms. The summed E-state index contributed by atoms with van der Waals surface area (Å²) in [6, 6.07) is 0. The number of terminal acetylenes is 1. The average molecular weight is 171 g/mol. The fourth-order valence-electron chi connectivity index (χ4n) is 0.622. The van der Waals surface area contributed by atoms with Gasteiger partial charge in [-0.05, 0) is 20.1 Å². The van der Waals surface area contributed by atoms with Crippen molar-refractivity contribution in [2.24, 2.45) is 0 Å². The molecule has 0 fully saturated rings. The first kappa shape index (κ1) is 10.9. The molecule has 0 saturated carbocycles. The second kappa shape index (κ2) is 5.51. The Morgan fingerprint density at radius 3 is 2.64 bits per heavy atom. The van der Waals surface area contributed by atoms with E-state index in [1.807, 2.05) is 11.8 Å². The second-order valence-electron chi connectivity index (χ2n) is 3.09. The zero-order chi connectivity index (χ0) is 8.74. The molecule has 0 aromatic rings. The van der Waals surface area contributed by atoms with Crippen LogP contribution in [0, 0.1) is 12.3 Å². The minimum Gasteiger partial charge on any atom is -0.314 e. The van der Waals surface area contributed by atoms with Crippen molar-refractivity contribution < 1.29 is 0 Å². The molecule has 64 valence electrons. The lowest BCUT2D eigenvalue weighted by Crippen LogP contribution is -2.32. The van der Waals surface area contributed by atoms with Crippen molar-refractivity contribution in [3.8, 4) is 12.3 Å². The molecule has 0 aromatic heterocycles. The average Bonchev–Trinajstić information content (AvgIpc) is 1.99. The molecule has 0 aromatic carbocycles. The van der Waals surface area contributed by atoms with Gasteiger partial charge in [0.1, 0.15) is 0 Å². The normalized spacial score (nSPS) is 11.1. The van der Waals surface area contributed by atoms with Gasteiger partial charge in [-0.1, -0.05) is 0 Å². The summed E-state index contributed by atoms with van der Waals surface area (Å²) in [5, 5.41) is 3.31. The van der Waals surface area contributed by atoms with E-state index < -0.39 is 0 Å². The van der Waals surface area contributed by atoms with E-state index >= 15 is 0 Å². The minimum atomic E-state index is 0.328. The van der Waals surface area contributed by atoms with Gasteiger partial charge in [0.25, 0.3) is 0 Å². The number of hydrogen-bond donors (Lipinski definition) is 1. The highest BCUT2D eigenvalue weighted by Crippen LogP contribution is 2.19. The van der Waals surface area contributed by atoms with E-state index in [9.17, 15) is 0 Å². The van der Waals surface area contributed by atoms with Crippen molar-refractivity contribution >= 4 is 11.8 Å². The fourth-order valence-corrected chi connectivity index (χ4v) is 0.869. The van der Waals surface area contributed by atoms with Gasteiger partial charge in [-0.2, -0.15) is 11.8 Å². The third-order valence-corrected chi connectivity index (χ3v) is 2.80. The zero-order valence-electron chi connectivity index (χ0n) is 7.61. The summed E-state index contributed by atoms with van der Waals surface area (Å²) < 4.78 is 0.328. The third-order valence-electron chi connectivity index (χ3n) is 1.55. The number of thioether (sulfide) groups is 1. The van der Waals surface area contributed by atoms with Gasteiger partial charge in [0.15, 0.2) is 0 Å². The molecule has 1 nitrogen and oxygen atoms in total. The molecule has 0 saturated heterocycles. The van der Waals surface area contributed by atoms with Crippen LogP contribution in [0.3, 0.4) is 0 Å². The van der Waals surface area contributed by atoms with Gasteiger partial charge in [-0.15, -0.1) is 12.3 Å². The first-order valence-corrected chi connectivity index (χ1v) is 5.04. The molecule has 0 rings (SSSR count). The summed E-state index contributed by atoms with van der Waals surface area (Å²) in [5.41, 5.74) is 0. The Kier molecular flexibility index (Phi) is 5.45. The standard InChI is InChI=1S/C9H17NS/c1-5-6-7-10-8-9(2,3)11-4/h1,10H,6-8H2,2-4H3. The first-order valence-electron chi connectivity index (χ1n) is 3.82. The molecule has 0 aliphatic rings. The predicted molar refractivity (Wildman–Crippen MR) is 53.9 cm³/mol. The van der Waals surface area contributed by atoms with Crippen molar-refractivity contribution in [3.05, 3.63) is 0 Å². The van der Waals surface area contributed by atoms with Crippen molar-refractivity contribution in [1.82, 2.24) is 5.32 Å². The number of hydrogen-bond acceptors (Lipinski definition) is 2. The SMILES string of the molecule is C#CCCNCC(C)(C)SC. The number of nitrogens with one attached hydrogen (secondary N) is 1. The maximum Gasteiger partial charge on any atom is 0.0225 e. The lowest BCUT2D eigenvalue weighted by atomic mass is 10.2. The maximum absolute atomic E-state index is 5.12. The topological polar surface area (TPSA) is 12.0 Å². The fraction of sp³-hybridized carbons (Fsp3) is 0.778. The predicted octanol–water partition coefficient (Wildman–Crippen LogP) is 1.74. The summed E-state index contributed by atoms with van der Waals surface area (Å²) in [5.74, 6) is 2.60. The Hall–Kier alpha value is -0.130. The van der Waals surface area contributed by atoms with E-state index in [1.165, 1.54) is 0 Å². The molecule has 1 N–H and O–H groups in total. The highest BCUT2D eigenvalue weighted by Gasteiger charge is 2.13. The molecule has 0 unspecified atom stereocenters. The van der Waals surface area contributed by atoms with Crippen molar-refractivity contribution in [2.45, 2.75) is 25.0 Å². The van der Waals surface area contributed by atoms with Crippen molar-refractivity contribution in [2.75, 3.05) is 19.3 Å². The van der Waals surface area contributed by atoms with E-state index in [2.05, 4.69) is 31.3 Å². The molecule has 0 aliphatic heterocycles. The smallest absolute Gasteiger partial charge is 0.0225 e. The van der Waals surface area contributed by atoms with E-state index in [4.69, 9.17) is 6.42 Å². The Balaban J connectivity index is 3.32. The van der Waals surface area contributed by atoms with Gasteiger partial charge in [0.2, 0.25) is 0 Å². The highest BCUT2D eigenvalue weighted by atomic mass is 32.2. The summed E-state index contributed by atoms with van der Waals surface area (Å²) in [6.07, 6.45) is 8.07. The molecule has 0 spiro atoms. The van der Waals surface area contributed by atoms with E-state index in [0.717, 1.165) is 19.5 Å². The molecule has 0 heterocycles. The van der Waals surface area contributed by atoms with Crippen LogP contribution in [-0.2, 0) is 0 Å². The lowest BCUT2D eigenvalue weighted by molar-refractivity contribution is 0.597. The lowest BCUT2D eigenvalue weighted by Gasteiger charge is -2.21. The van der Waals surface area contributed by atoms with Crippen LogP contribution in [0.1, 0.15) is 20.3 Å². The molecule has 0 aliphatic carbocycles. The third kappa shape index (κ3) is 6.28. The van der Waals surface area contributed by atoms with E-state index in [-0.39, 0.29) is 0 Å². The van der Waals surface area contributed by atoms with Crippen LogP contribution >= 0.6 is 11.8 Å². The molecule has 0 radical (unpaired) electrons. The monoisotopic (exact) mass is 171 g/mol. The molecule has 0 amide bonds. The van der Waals surface area contributed by atoms with Gasteiger partial charge in [0.05, 0.1) is 0 Å². The van der Waals surface area contributed by atoms with Gasteiger partial charge >= 0.3 is 0 Å². The van der Waals surface area contributed by atoms with Gasteiger partial charge < -0.3 is 5.32 Å². The van der Waals surface area contributed by atoms with Gasteiger partial charge in [-0.25, -0.2) is 0 Å². The summed E-state index contributed by atoms with van der Waals surface area (Å²) in [6.45, 7) is 6.40. The van der Waals surface area contributed by atoms with Crippen LogP contribution in [0.4, 0.5) is 0 Å². The van der Waals surface area contributed by atoms with Crippen LogP contribution in [0.25, 0.3) is 0 Å². The quantitative estimate of drug-likeness (QED) is 0.499. The molecular formula is C9H17NS. The Labute approximate surface area is 74.3 Å². The summed E-state index contributed by atoms with van der Waals surface area (Å²) in [4.78, 5) is 0. The highest BCUT2D eigenvalue weighted by molar-refractivity contribution is 7.99. The molecule has 0 bridgehead atoms. The van der Waals surface area contributed by atoms with Crippen LogP contribution in [0.15, 0.2) is 0 Å². The van der Waals surface area contributed by atoms with Crippen molar-refractivity contribution in [3.63, 3.8) is 0 Å². The Morgan fingerprint density at radius 1 is 1.55 bits per heavy atom. The molecule has 0 atom stereocenters. The van der Waals surface area contributed by atoms with Gasteiger partial charge in [0, 0.05) is 24.3 Å². The zero-order valence-corrected chi connectivity index (χ0v) is 8.42. The second-order valence-corrected chi connectivity index (χ2v) is 4.61. The van der Waals surface area contributed by atoms with Crippen LogP contribution < -0.4 is 5.32 Å². The minimum absolute atomic E-state index is 0.328. The summed E-state index contributed by atoms with van der Waals surface area (Å²) in [7, 11) is 0. The Morgan fingerprint density at radius 2 is 2.18 bits per heavy atom. The Bertz CT molecular complexity index is 135. The largest absolute Gasteiger partial charge is 0.314 e. The summed E-state index contributed by atoms with van der Waals surface area (Å²) >= 11 is 1.87. The molecular weight excluding hydrogens is 154 g/mol. The first-order chi connectivity index (χ1) is 5.12. The number of rotatable bonds is 5. The van der Waals surface area contributed by atoms with Gasteiger partial charge in [-0.3, -0.25) is 0 Å². The molecule has 11 heavy (non-hydrogen) atoms. The van der Waals surface area contributed by atoms with E-state index in [0.29, 0.717) is 4.75 Å². The van der Waals surface area contributed by atoms with Crippen molar-refractivity contribution in [1.29, 1.82) is 0 Å². The van der Waals surface area contributed by atoms with Crippen LogP contribution in [-0.4, -0.2) is 24.1 Å². The van der Waals surface area contributed by atoms with E-state index in [1.54, 1.807) is 0 Å².